The van der Waals surface area contributed by atoms with Crippen molar-refractivity contribution in [3.05, 3.63) is 27.2 Å². The van der Waals surface area contributed by atoms with Gasteiger partial charge >= 0.3 is 0 Å². The summed E-state index contributed by atoms with van der Waals surface area (Å²) < 4.78 is 0.820. The summed E-state index contributed by atoms with van der Waals surface area (Å²) in [6, 6.07) is 3.65. The van der Waals surface area contributed by atoms with Crippen LogP contribution in [0.4, 0.5) is 5.69 Å². The van der Waals surface area contributed by atoms with Gasteiger partial charge in [0.15, 0.2) is 0 Å². The van der Waals surface area contributed by atoms with Gasteiger partial charge in [-0.3, -0.25) is 4.79 Å². The van der Waals surface area contributed by atoms with E-state index in [1.807, 2.05) is 13.0 Å². The van der Waals surface area contributed by atoms with E-state index in [9.17, 15) is 4.79 Å². The number of nitrogens with one attached hydrogen (secondary N) is 1. The van der Waals surface area contributed by atoms with E-state index in [1.165, 1.54) is 0 Å². The second-order valence-corrected chi connectivity index (χ2v) is 7.15. The fourth-order valence-corrected chi connectivity index (χ4v) is 3.51. The summed E-state index contributed by atoms with van der Waals surface area (Å²) in [5.41, 5.74) is 7.17. The topological polar surface area (TPSA) is 55.1 Å². The van der Waals surface area contributed by atoms with Gasteiger partial charge < -0.3 is 11.1 Å². The number of hydrogen-bond donors (Lipinski definition) is 2. The molecule has 2 atom stereocenters. The first-order valence-corrected chi connectivity index (χ1v) is 8.05. The van der Waals surface area contributed by atoms with Crippen molar-refractivity contribution in [1.29, 1.82) is 0 Å². The van der Waals surface area contributed by atoms with Crippen LogP contribution < -0.4 is 11.1 Å². The molecule has 1 amide bonds. The second-order valence-electron chi connectivity index (χ2n) is 5.89. The Bertz CT molecular complexity index is 535. The van der Waals surface area contributed by atoms with Gasteiger partial charge in [0.2, 0.25) is 5.91 Å². The number of aryl methyl sites for hydroxylation is 1. The lowest BCUT2D eigenvalue weighted by atomic mass is 9.76. The van der Waals surface area contributed by atoms with Gasteiger partial charge in [-0.25, -0.2) is 0 Å². The molecular formula is C15H20BrClN2O. The lowest BCUT2D eigenvalue weighted by molar-refractivity contribution is -0.122. The van der Waals surface area contributed by atoms with Crippen LogP contribution in [0.1, 0.15) is 38.2 Å². The molecular weight excluding hydrogens is 340 g/mol. The van der Waals surface area contributed by atoms with Crippen molar-refractivity contribution in [3.8, 4) is 0 Å². The summed E-state index contributed by atoms with van der Waals surface area (Å²) in [6.07, 6.45) is 3.61. The van der Waals surface area contributed by atoms with Crippen LogP contribution in [-0.4, -0.2) is 11.4 Å². The van der Waals surface area contributed by atoms with E-state index in [0.717, 1.165) is 35.7 Å². The van der Waals surface area contributed by atoms with Gasteiger partial charge in [-0.05, 0) is 59.3 Å². The lowest BCUT2D eigenvalue weighted by Gasteiger charge is -2.35. The summed E-state index contributed by atoms with van der Waals surface area (Å²) in [4.78, 5) is 12.5. The zero-order valence-electron chi connectivity index (χ0n) is 11.8. The molecule has 0 saturated heterocycles. The number of amides is 1. The standard InChI is InChI=1S/C15H20BrClN2O/c1-9-4-3-5-15(18,8-9)14(20)19-13-7-12(17)10(2)6-11(13)16/h6-7,9H,3-5,8,18H2,1-2H3,(H,19,20). The molecule has 0 aliphatic heterocycles. The quantitative estimate of drug-likeness (QED) is 0.829. The maximum Gasteiger partial charge on any atom is 0.244 e. The van der Waals surface area contributed by atoms with Gasteiger partial charge in [-0.2, -0.15) is 0 Å². The van der Waals surface area contributed by atoms with Crippen LogP contribution in [0.5, 0.6) is 0 Å². The summed E-state index contributed by atoms with van der Waals surface area (Å²) in [5, 5.41) is 3.54. The third kappa shape index (κ3) is 3.35. The third-order valence-electron chi connectivity index (χ3n) is 3.98. The molecule has 0 heterocycles. The van der Waals surface area contributed by atoms with Crippen LogP contribution in [-0.2, 0) is 4.79 Å². The first kappa shape index (κ1) is 15.8. The highest BCUT2D eigenvalue weighted by molar-refractivity contribution is 9.10. The molecule has 1 fully saturated rings. The van der Waals surface area contributed by atoms with Crippen molar-refractivity contribution in [2.75, 3.05) is 5.32 Å². The zero-order chi connectivity index (χ0) is 14.9. The van der Waals surface area contributed by atoms with Gasteiger partial charge in [-0.15, -0.1) is 0 Å². The van der Waals surface area contributed by atoms with E-state index in [1.54, 1.807) is 6.07 Å². The Morgan fingerprint density at radius 2 is 2.25 bits per heavy atom. The minimum absolute atomic E-state index is 0.121. The van der Waals surface area contributed by atoms with Crippen LogP contribution in [0.15, 0.2) is 16.6 Å². The maximum absolute atomic E-state index is 12.5. The number of halogens is 2. The van der Waals surface area contributed by atoms with Gasteiger partial charge in [0.1, 0.15) is 0 Å². The maximum atomic E-state index is 12.5. The first-order valence-electron chi connectivity index (χ1n) is 6.88. The molecule has 110 valence electrons. The molecule has 3 nitrogen and oxygen atoms in total. The molecule has 1 aliphatic carbocycles. The van der Waals surface area contributed by atoms with E-state index in [4.69, 9.17) is 17.3 Å². The molecule has 0 radical (unpaired) electrons. The SMILES string of the molecule is Cc1cc(Br)c(NC(=O)C2(N)CCCC(C)C2)cc1Cl. The number of anilines is 1. The predicted octanol–water partition coefficient (Wildman–Crippen LogP) is 4.26. The van der Waals surface area contributed by atoms with Crippen LogP contribution in [0, 0.1) is 12.8 Å². The van der Waals surface area contributed by atoms with Gasteiger partial charge in [0, 0.05) is 9.50 Å². The highest BCUT2D eigenvalue weighted by Crippen LogP contribution is 2.33. The summed E-state index contributed by atoms with van der Waals surface area (Å²) in [6.45, 7) is 4.07. The Morgan fingerprint density at radius 3 is 2.90 bits per heavy atom. The van der Waals surface area contributed by atoms with Gasteiger partial charge in [-0.1, -0.05) is 31.4 Å². The number of carbonyl (C=O) groups is 1. The van der Waals surface area contributed by atoms with E-state index in [0.29, 0.717) is 16.6 Å². The molecule has 1 aliphatic rings. The van der Waals surface area contributed by atoms with E-state index in [-0.39, 0.29) is 5.91 Å². The number of benzene rings is 1. The molecule has 0 aromatic heterocycles. The Morgan fingerprint density at radius 1 is 1.55 bits per heavy atom. The molecule has 0 bridgehead atoms. The molecule has 2 rings (SSSR count). The summed E-state index contributed by atoms with van der Waals surface area (Å²) >= 11 is 9.56. The second kappa shape index (κ2) is 6.04. The highest BCUT2D eigenvalue weighted by atomic mass is 79.9. The van der Waals surface area contributed by atoms with E-state index < -0.39 is 5.54 Å². The van der Waals surface area contributed by atoms with Gasteiger partial charge in [0.25, 0.3) is 0 Å². The largest absolute Gasteiger partial charge is 0.323 e. The average Bonchev–Trinajstić information content (AvgIpc) is 2.35. The Balaban J connectivity index is 2.17. The highest BCUT2D eigenvalue weighted by Gasteiger charge is 2.38. The summed E-state index contributed by atoms with van der Waals surface area (Å²) in [5.74, 6) is 0.370. The predicted molar refractivity (Wildman–Crippen MR) is 87.1 cm³/mol. The van der Waals surface area contributed by atoms with Crippen molar-refractivity contribution >= 4 is 39.1 Å². The lowest BCUT2D eigenvalue weighted by Crippen LogP contribution is -2.53. The summed E-state index contributed by atoms with van der Waals surface area (Å²) in [7, 11) is 0. The monoisotopic (exact) mass is 358 g/mol. The van der Waals surface area contributed by atoms with Crippen LogP contribution in [0.2, 0.25) is 5.02 Å². The Kier molecular flexibility index (Phi) is 4.77. The molecule has 20 heavy (non-hydrogen) atoms. The van der Waals surface area contributed by atoms with Crippen molar-refractivity contribution < 1.29 is 4.79 Å². The van der Waals surface area contributed by atoms with Crippen molar-refractivity contribution in [2.45, 2.75) is 45.1 Å². The molecule has 1 saturated carbocycles. The van der Waals surface area contributed by atoms with Crippen LogP contribution >= 0.6 is 27.5 Å². The Hall–Kier alpha value is -0.580. The van der Waals surface area contributed by atoms with E-state index >= 15 is 0 Å². The molecule has 3 N–H and O–H groups in total. The van der Waals surface area contributed by atoms with Crippen molar-refractivity contribution in [1.82, 2.24) is 0 Å². The van der Waals surface area contributed by atoms with E-state index in [2.05, 4.69) is 28.2 Å². The van der Waals surface area contributed by atoms with Crippen molar-refractivity contribution in [2.24, 2.45) is 11.7 Å². The number of carbonyl (C=O) groups excluding carboxylic acids is 1. The van der Waals surface area contributed by atoms with Crippen molar-refractivity contribution in [3.63, 3.8) is 0 Å². The molecule has 2 unspecified atom stereocenters. The number of hydrogen-bond acceptors (Lipinski definition) is 2. The average molecular weight is 360 g/mol. The minimum Gasteiger partial charge on any atom is -0.323 e. The Labute approximate surface area is 133 Å². The first-order chi connectivity index (χ1) is 9.32. The zero-order valence-corrected chi connectivity index (χ0v) is 14.1. The smallest absolute Gasteiger partial charge is 0.244 e. The molecule has 0 spiro atoms. The fourth-order valence-electron chi connectivity index (χ4n) is 2.79. The van der Waals surface area contributed by atoms with Crippen LogP contribution in [0.25, 0.3) is 0 Å². The fraction of sp³-hybridized carbons (Fsp3) is 0.533. The minimum atomic E-state index is -0.769. The third-order valence-corrected chi connectivity index (χ3v) is 5.04. The molecule has 5 heteroatoms. The van der Waals surface area contributed by atoms with Gasteiger partial charge in [0.05, 0.1) is 11.2 Å². The molecule has 1 aromatic rings. The molecule has 1 aromatic carbocycles. The van der Waals surface area contributed by atoms with Crippen LogP contribution in [0.3, 0.4) is 0 Å². The number of rotatable bonds is 2. The normalized spacial score (nSPS) is 26.4. The number of nitrogens with two attached hydrogens (primary N) is 1.